The van der Waals surface area contributed by atoms with E-state index in [2.05, 4.69) is 126 Å². The van der Waals surface area contributed by atoms with E-state index in [1.54, 1.807) is 0 Å². The van der Waals surface area contributed by atoms with E-state index in [4.69, 9.17) is 4.42 Å². The van der Waals surface area contributed by atoms with E-state index in [1.165, 1.54) is 21.5 Å². The molecule has 170 valence electrons. The second-order valence-electron chi connectivity index (χ2n) is 9.03. The Kier molecular flexibility index (Phi) is 4.82. The van der Waals surface area contributed by atoms with Crippen LogP contribution in [0.15, 0.2) is 144 Å². The van der Waals surface area contributed by atoms with Crippen LogP contribution in [0.4, 0.5) is 17.1 Å². The van der Waals surface area contributed by atoms with Crippen molar-refractivity contribution in [3.63, 3.8) is 0 Å². The van der Waals surface area contributed by atoms with E-state index in [0.29, 0.717) is 0 Å². The van der Waals surface area contributed by atoms with Crippen molar-refractivity contribution in [2.75, 3.05) is 4.90 Å². The summed E-state index contributed by atoms with van der Waals surface area (Å²) < 4.78 is 6.21. The molecule has 0 N–H and O–H groups in total. The fraction of sp³-hybridized carbons (Fsp3) is 0. The molecule has 0 radical (unpaired) electrons. The van der Waals surface area contributed by atoms with Crippen molar-refractivity contribution < 1.29 is 4.42 Å². The Labute approximate surface area is 209 Å². The number of anilines is 3. The number of hydrogen-bond acceptors (Lipinski definition) is 2. The van der Waals surface area contributed by atoms with Crippen molar-refractivity contribution in [2.45, 2.75) is 0 Å². The van der Waals surface area contributed by atoms with Gasteiger partial charge in [0.05, 0.1) is 5.69 Å². The van der Waals surface area contributed by atoms with E-state index in [-0.39, 0.29) is 0 Å². The van der Waals surface area contributed by atoms with Crippen molar-refractivity contribution in [2.24, 2.45) is 0 Å². The minimum atomic E-state index is 0.870. The third kappa shape index (κ3) is 3.43. The van der Waals surface area contributed by atoms with Crippen LogP contribution in [0.1, 0.15) is 0 Å². The molecule has 1 heterocycles. The molecule has 36 heavy (non-hydrogen) atoms. The van der Waals surface area contributed by atoms with Crippen LogP contribution in [0.25, 0.3) is 43.8 Å². The molecule has 0 saturated heterocycles. The lowest BCUT2D eigenvalue weighted by molar-refractivity contribution is 0.631. The summed E-state index contributed by atoms with van der Waals surface area (Å²) in [5, 5.41) is 6.06. The zero-order chi connectivity index (χ0) is 23.9. The first-order valence-corrected chi connectivity index (χ1v) is 12.2. The molecule has 6 aromatic carbocycles. The summed E-state index contributed by atoms with van der Waals surface area (Å²) in [6, 6.07) is 49.0. The smallest absolute Gasteiger partial charge is 0.135 e. The molecule has 2 heteroatoms. The highest BCUT2D eigenvalue weighted by atomic mass is 16.3. The third-order valence-corrected chi connectivity index (χ3v) is 6.82. The van der Waals surface area contributed by atoms with Crippen LogP contribution >= 0.6 is 0 Å². The molecule has 1 aromatic heterocycles. The lowest BCUT2D eigenvalue weighted by atomic mass is 9.99. The first kappa shape index (κ1) is 20.5. The second-order valence-corrected chi connectivity index (χ2v) is 9.03. The molecule has 7 rings (SSSR count). The van der Waals surface area contributed by atoms with Crippen molar-refractivity contribution in [3.05, 3.63) is 140 Å². The monoisotopic (exact) mass is 461 g/mol. The SMILES string of the molecule is c1ccc(N(c2cccc(-c3cc4ccccc4o3)c2)c2cc3ccccc3c3ccccc23)cc1. The van der Waals surface area contributed by atoms with Gasteiger partial charge in [-0.05, 0) is 58.6 Å². The molecule has 0 unspecified atom stereocenters. The minimum absolute atomic E-state index is 0.870. The summed E-state index contributed by atoms with van der Waals surface area (Å²) in [4.78, 5) is 2.35. The highest BCUT2D eigenvalue weighted by Crippen LogP contribution is 2.42. The van der Waals surface area contributed by atoms with Crippen LogP contribution in [0, 0.1) is 0 Å². The molecule has 0 bridgehead atoms. The quantitative estimate of drug-likeness (QED) is 0.243. The fourth-order valence-electron chi connectivity index (χ4n) is 5.15. The van der Waals surface area contributed by atoms with Gasteiger partial charge in [0.15, 0.2) is 0 Å². The van der Waals surface area contributed by atoms with E-state index >= 15 is 0 Å². The van der Waals surface area contributed by atoms with Crippen LogP contribution in [0.3, 0.4) is 0 Å². The Balaban J connectivity index is 1.48. The van der Waals surface area contributed by atoms with Crippen molar-refractivity contribution in [3.8, 4) is 11.3 Å². The number of rotatable bonds is 4. The summed E-state index contributed by atoms with van der Waals surface area (Å²) in [6.45, 7) is 0. The van der Waals surface area contributed by atoms with Gasteiger partial charge in [-0.1, -0.05) is 97.1 Å². The minimum Gasteiger partial charge on any atom is -0.456 e. The van der Waals surface area contributed by atoms with Gasteiger partial charge in [0.1, 0.15) is 11.3 Å². The van der Waals surface area contributed by atoms with Gasteiger partial charge in [0, 0.05) is 27.7 Å². The van der Waals surface area contributed by atoms with E-state index in [1.807, 2.05) is 18.2 Å². The van der Waals surface area contributed by atoms with Gasteiger partial charge in [0.25, 0.3) is 0 Å². The van der Waals surface area contributed by atoms with Crippen LogP contribution < -0.4 is 4.90 Å². The molecular weight excluding hydrogens is 438 g/mol. The molecular formula is C34H23NO. The predicted molar refractivity (Wildman–Crippen MR) is 151 cm³/mol. The molecule has 0 fully saturated rings. The summed E-state index contributed by atoms with van der Waals surface area (Å²) in [5.74, 6) is 0.870. The normalized spacial score (nSPS) is 11.3. The Hall–Kier alpha value is -4.82. The van der Waals surface area contributed by atoms with Crippen LogP contribution in [0.2, 0.25) is 0 Å². The standard InChI is InChI=1S/C34H23NO/c1-2-14-27(15-3-1)35(32-22-24-11-4-6-17-29(24)30-18-7-8-19-31(30)32)28-16-10-13-25(21-28)34-23-26-12-5-9-20-33(26)36-34/h1-23H. The van der Waals surface area contributed by atoms with E-state index in [0.717, 1.165) is 39.4 Å². The summed E-state index contributed by atoms with van der Waals surface area (Å²) >= 11 is 0. The Morgan fingerprint density at radius 3 is 1.94 bits per heavy atom. The molecule has 0 aliphatic rings. The summed E-state index contributed by atoms with van der Waals surface area (Å²) in [6.07, 6.45) is 0. The number of para-hydroxylation sites is 2. The summed E-state index contributed by atoms with van der Waals surface area (Å²) in [7, 11) is 0. The number of nitrogens with zero attached hydrogens (tertiary/aromatic N) is 1. The molecule has 0 aliphatic carbocycles. The number of furan rings is 1. The average molecular weight is 462 g/mol. The first-order valence-electron chi connectivity index (χ1n) is 12.2. The lowest BCUT2D eigenvalue weighted by Crippen LogP contribution is -2.10. The predicted octanol–water partition coefficient (Wildman–Crippen LogP) is 9.88. The zero-order valence-corrected chi connectivity index (χ0v) is 19.6. The summed E-state index contributed by atoms with van der Waals surface area (Å²) in [5.41, 5.74) is 5.30. The largest absolute Gasteiger partial charge is 0.456 e. The number of benzene rings is 6. The topological polar surface area (TPSA) is 16.4 Å². The first-order chi connectivity index (χ1) is 17.8. The van der Waals surface area contributed by atoms with Crippen molar-refractivity contribution in [1.29, 1.82) is 0 Å². The highest BCUT2D eigenvalue weighted by Gasteiger charge is 2.18. The molecule has 0 atom stereocenters. The Bertz CT molecular complexity index is 1820. The molecule has 2 nitrogen and oxygen atoms in total. The second kappa shape index (κ2) is 8.44. The van der Waals surface area contributed by atoms with Gasteiger partial charge in [-0.3, -0.25) is 0 Å². The lowest BCUT2D eigenvalue weighted by Gasteiger charge is -2.28. The molecule has 7 aromatic rings. The van der Waals surface area contributed by atoms with Crippen molar-refractivity contribution >= 4 is 49.6 Å². The molecule has 0 spiro atoms. The van der Waals surface area contributed by atoms with Crippen LogP contribution in [0.5, 0.6) is 0 Å². The molecule has 0 amide bonds. The zero-order valence-electron chi connectivity index (χ0n) is 19.6. The van der Waals surface area contributed by atoms with Gasteiger partial charge in [0.2, 0.25) is 0 Å². The fourth-order valence-corrected chi connectivity index (χ4v) is 5.15. The number of hydrogen-bond donors (Lipinski definition) is 0. The van der Waals surface area contributed by atoms with Crippen LogP contribution in [-0.2, 0) is 0 Å². The highest BCUT2D eigenvalue weighted by molar-refractivity contribution is 6.14. The van der Waals surface area contributed by atoms with Crippen LogP contribution in [-0.4, -0.2) is 0 Å². The van der Waals surface area contributed by atoms with Gasteiger partial charge >= 0.3 is 0 Å². The number of fused-ring (bicyclic) bond motifs is 4. The third-order valence-electron chi connectivity index (χ3n) is 6.82. The van der Waals surface area contributed by atoms with E-state index < -0.39 is 0 Å². The molecule has 0 saturated carbocycles. The Morgan fingerprint density at radius 1 is 0.444 bits per heavy atom. The van der Waals surface area contributed by atoms with Gasteiger partial charge in [-0.2, -0.15) is 0 Å². The van der Waals surface area contributed by atoms with Gasteiger partial charge in [-0.15, -0.1) is 0 Å². The van der Waals surface area contributed by atoms with Gasteiger partial charge in [-0.25, -0.2) is 0 Å². The maximum Gasteiger partial charge on any atom is 0.135 e. The Morgan fingerprint density at radius 2 is 1.11 bits per heavy atom. The maximum absolute atomic E-state index is 6.21. The molecule has 0 aliphatic heterocycles. The van der Waals surface area contributed by atoms with Gasteiger partial charge < -0.3 is 9.32 Å². The average Bonchev–Trinajstić information content (AvgIpc) is 3.39. The van der Waals surface area contributed by atoms with Crippen molar-refractivity contribution in [1.82, 2.24) is 0 Å². The van der Waals surface area contributed by atoms with E-state index in [9.17, 15) is 0 Å². The maximum atomic E-state index is 6.21.